The zero-order chi connectivity index (χ0) is 13.5. The van der Waals surface area contributed by atoms with Crippen molar-refractivity contribution in [3.05, 3.63) is 16.6 Å². The van der Waals surface area contributed by atoms with Crippen molar-refractivity contribution >= 4 is 23.2 Å². The highest BCUT2D eigenvalue weighted by Crippen LogP contribution is 2.42. The molecule has 0 spiro atoms. The second kappa shape index (κ2) is 4.35. The predicted octanol–water partition coefficient (Wildman–Crippen LogP) is 1.92. The van der Waals surface area contributed by atoms with Crippen molar-refractivity contribution in [2.45, 2.75) is 38.8 Å². The highest BCUT2D eigenvalue weighted by atomic mass is 32.1. The van der Waals surface area contributed by atoms with Crippen molar-refractivity contribution in [2.24, 2.45) is 5.92 Å². The van der Waals surface area contributed by atoms with E-state index >= 15 is 0 Å². The van der Waals surface area contributed by atoms with E-state index in [-0.39, 0.29) is 12.3 Å². The first-order chi connectivity index (χ1) is 8.32. The Labute approximate surface area is 109 Å². The van der Waals surface area contributed by atoms with Crippen LogP contribution in [0.3, 0.4) is 0 Å². The Morgan fingerprint density at radius 2 is 2.22 bits per heavy atom. The lowest BCUT2D eigenvalue weighted by Crippen LogP contribution is -2.44. The van der Waals surface area contributed by atoms with Crippen molar-refractivity contribution in [3.63, 3.8) is 0 Å². The van der Waals surface area contributed by atoms with Crippen molar-refractivity contribution in [1.29, 1.82) is 0 Å². The number of hydrogen-bond acceptors (Lipinski definition) is 4. The molecular weight excluding hydrogens is 252 g/mol. The van der Waals surface area contributed by atoms with Gasteiger partial charge in [-0.25, -0.2) is 4.98 Å². The molecule has 1 amide bonds. The zero-order valence-corrected chi connectivity index (χ0v) is 11.4. The van der Waals surface area contributed by atoms with Crippen molar-refractivity contribution in [3.8, 4) is 0 Å². The third-order valence-corrected chi connectivity index (χ3v) is 3.72. The first-order valence-corrected chi connectivity index (χ1v) is 6.69. The van der Waals surface area contributed by atoms with Gasteiger partial charge in [0.15, 0.2) is 0 Å². The Balaban J connectivity index is 2.45. The van der Waals surface area contributed by atoms with Crippen LogP contribution < -0.4 is 0 Å². The lowest BCUT2D eigenvalue weighted by molar-refractivity contribution is -0.143. The van der Waals surface area contributed by atoms with Crippen LogP contribution >= 0.6 is 11.3 Å². The van der Waals surface area contributed by atoms with Crippen LogP contribution in [0.2, 0.25) is 0 Å². The second-order valence-corrected chi connectivity index (χ2v) is 6.16. The predicted molar refractivity (Wildman–Crippen MR) is 67.2 cm³/mol. The van der Waals surface area contributed by atoms with Crippen LogP contribution in [0.15, 0.2) is 10.9 Å². The molecule has 2 heterocycles. The fourth-order valence-corrected chi connectivity index (χ4v) is 3.04. The summed E-state index contributed by atoms with van der Waals surface area (Å²) < 4.78 is 0. The van der Waals surface area contributed by atoms with Crippen LogP contribution in [0, 0.1) is 5.92 Å². The van der Waals surface area contributed by atoms with Crippen LogP contribution in [-0.2, 0) is 9.59 Å². The number of rotatable bonds is 2. The maximum Gasteiger partial charge on any atom is 0.309 e. The average molecular weight is 268 g/mol. The molecule has 0 saturated carbocycles. The summed E-state index contributed by atoms with van der Waals surface area (Å²) in [7, 11) is 0. The van der Waals surface area contributed by atoms with Crippen LogP contribution in [-0.4, -0.2) is 32.4 Å². The molecule has 0 radical (unpaired) electrons. The van der Waals surface area contributed by atoms with Gasteiger partial charge in [0.1, 0.15) is 0 Å². The summed E-state index contributed by atoms with van der Waals surface area (Å²) in [4.78, 5) is 29.2. The summed E-state index contributed by atoms with van der Waals surface area (Å²) >= 11 is 1.41. The smallest absolute Gasteiger partial charge is 0.309 e. The summed E-state index contributed by atoms with van der Waals surface area (Å²) in [5, 5.41) is 11.1. The summed E-state index contributed by atoms with van der Waals surface area (Å²) in [5.41, 5.74) is 1.93. The molecule has 1 aromatic heterocycles. The molecule has 1 fully saturated rings. The number of hydrogen-bond donors (Lipinski definition) is 1. The number of amides is 1. The highest BCUT2D eigenvalue weighted by Gasteiger charge is 2.49. The van der Waals surface area contributed by atoms with E-state index in [9.17, 15) is 14.7 Å². The number of carbonyl (C=O) groups is 2. The Morgan fingerprint density at radius 3 is 2.67 bits per heavy atom. The third-order valence-electron chi connectivity index (χ3n) is 3.12. The Kier molecular flexibility index (Phi) is 3.14. The molecule has 0 aliphatic carbocycles. The molecule has 0 aromatic carbocycles. The van der Waals surface area contributed by atoms with Gasteiger partial charge in [0.25, 0.3) is 0 Å². The Bertz CT molecular complexity index is 464. The molecule has 2 atom stereocenters. The molecule has 2 unspecified atom stereocenters. The Hall–Kier alpha value is -1.43. The zero-order valence-electron chi connectivity index (χ0n) is 10.6. The summed E-state index contributed by atoms with van der Waals surface area (Å²) in [6, 6.07) is -0.457. The third kappa shape index (κ3) is 2.12. The van der Waals surface area contributed by atoms with Crippen LogP contribution in [0.25, 0.3) is 0 Å². The van der Waals surface area contributed by atoms with Crippen molar-refractivity contribution < 1.29 is 14.7 Å². The number of likely N-dealkylation sites (tertiary alicyclic amines) is 1. The SMILES string of the molecule is CC(C)(C)N1C(=O)CC(C(=O)O)C1c1cscn1. The fourth-order valence-electron chi connectivity index (χ4n) is 2.45. The van der Waals surface area contributed by atoms with E-state index in [1.54, 1.807) is 10.4 Å². The molecule has 1 saturated heterocycles. The van der Waals surface area contributed by atoms with Gasteiger partial charge in [0.05, 0.1) is 23.2 Å². The van der Waals surface area contributed by atoms with E-state index in [2.05, 4.69) is 4.98 Å². The lowest BCUT2D eigenvalue weighted by Gasteiger charge is -2.37. The maximum atomic E-state index is 12.1. The van der Waals surface area contributed by atoms with Gasteiger partial charge >= 0.3 is 5.97 Å². The fraction of sp³-hybridized carbons (Fsp3) is 0.583. The van der Waals surface area contributed by atoms with Gasteiger partial charge in [0, 0.05) is 17.3 Å². The van der Waals surface area contributed by atoms with Crippen LogP contribution in [0.5, 0.6) is 0 Å². The number of carbonyl (C=O) groups excluding carboxylic acids is 1. The molecular formula is C12H16N2O3S. The van der Waals surface area contributed by atoms with E-state index in [1.165, 1.54) is 11.3 Å². The van der Waals surface area contributed by atoms with Gasteiger partial charge in [-0.1, -0.05) is 0 Å². The number of carboxylic acids is 1. The van der Waals surface area contributed by atoms with E-state index in [0.717, 1.165) is 0 Å². The average Bonchev–Trinajstić information content (AvgIpc) is 2.81. The molecule has 0 bridgehead atoms. The van der Waals surface area contributed by atoms with Gasteiger partial charge in [-0.15, -0.1) is 11.3 Å². The topological polar surface area (TPSA) is 70.5 Å². The molecule has 5 nitrogen and oxygen atoms in total. The van der Waals surface area contributed by atoms with E-state index < -0.39 is 23.5 Å². The number of thiazole rings is 1. The minimum Gasteiger partial charge on any atom is -0.481 e. The first-order valence-electron chi connectivity index (χ1n) is 5.75. The lowest BCUT2D eigenvalue weighted by atomic mass is 9.96. The van der Waals surface area contributed by atoms with E-state index in [1.807, 2.05) is 26.2 Å². The van der Waals surface area contributed by atoms with Gasteiger partial charge in [0.2, 0.25) is 5.91 Å². The Morgan fingerprint density at radius 1 is 1.56 bits per heavy atom. The van der Waals surface area contributed by atoms with Gasteiger partial charge in [-0.05, 0) is 20.8 Å². The number of aliphatic carboxylic acids is 1. The highest BCUT2D eigenvalue weighted by molar-refractivity contribution is 7.07. The molecule has 1 N–H and O–H groups in total. The second-order valence-electron chi connectivity index (χ2n) is 5.44. The quantitative estimate of drug-likeness (QED) is 0.889. The molecule has 1 aliphatic rings. The van der Waals surface area contributed by atoms with Crippen LogP contribution in [0.1, 0.15) is 38.9 Å². The minimum atomic E-state index is -0.937. The maximum absolute atomic E-state index is 12.1. The molecule has 98 valence electrons. The number of aromatic nitrogens is 1. The normalized spacial score (nSPS) is 24.6. The van der Waals surface area contributed by atoms with Crippen molar-refractivity contribution in [1.82, 2.24) is 9.88 Å². The summed E-state index contributed by atoms with van der Waals surface area (Å²) in [6.07, 6.45) is 0.0504. The molecule has 18 heavy (non-hydrogen) atoms. The summed E-state index contributed by atoms with van der Waals surface area (Å²) in [6.45, 7) is 5.73. The largest absolute Gasteiger partial charge is 0.481 e. The minimum absolute atomic E-state index is 0.0504. The van der Waals surface area contributed by atoms with Crippen molar-refractivity contribution in [2.75, 3.05) is 0 Å². The van der Waals surface area contributed by atoms with Crippen LogP contribution in [0.4, 0.5) is 0 Å². The number of carboxylic acid groups (broad SMARTS) is 1. The standard InChI is InChI=1S/C12H16N2O3S/c1-12(2,3)14-9(15)4-7(11(16)17)10(14)8-5-18-6-13-8/h5-7,10H,4H2,1-3H3,(H,16,17). The van der Waals surface area contributed by atoms with Gasteiger partial charge < -0.3 is 10.0 Å². The molecule has 6 heteroatoms. The van der Waals surface area contributed by atoms with Gasteiger partial charge in [-0.3, -0.25) is 9.59 Å². The molecule has 1 aromatic rings. The molecule has 2 rings (SSSR count). The summed E-state index contributed by atoms with van der Waals surface area (Å²) in [5.74, 6) is -1.76. The number of nitrogens with zero attached hydrogens (tertiary/aromatic N) is 2. The van der Waals surface area contributed by atoms with E-state index in [0.29, 0.717) is 5.69 Å². The monoisotopic (exact) mass is 268 g/mol. The van der Waals surface area contributed by atoms with E-state index in [4.69, 9.17) is 0 Å². The van der Waals surface area contributed by atoms with Gasteiger partial charge in [-0.2, -0.15) is 0 Å². The molecule has 1 aliphatic heterocycles. The first kappa shape index (κ1) is 13.0.